The summed E-state index contributed by atoms with van der Waals surface area (Å²) in [6.45, 7) is 2.71. The highest BCUT2D eigenvalue weighted by atomic mass is 79.9. The molecule has 1 fully saturated rings. The van der Waals surface area contributed by atoms with Crippen molar-refractivity contribution in [2.24, 2.45) is 0 Å². The molecule has 0 aromatic heterocycles. The second-order valence-corrected chi connectivity index (χ2v) is 5.61. The number of halogens is 1. The summed E-state index contributed by atoms with van der Waals surface area (Å²) in [5.74, 6) is -0.647. The van der Waals surface area contributed by atoms with E-state index in [9.17, 15) is 9.59 Å². The highest BCUT2D eigenvalue weighted by molar-refractivity contribution is 9.10. The van der Waals surface area contributed by atoms with Gasteiger partial charge in [0.25, 0.3) is 0 Å². The van der Waals surface area contributed by atoms with Gasteiger partial charge < -0.3 is 20.3 Å². The molecule has 2 N–H and O–H groups in total. The second kappa shape index (κ2) is 7.42. The van der Waals surface area contributed by atoms with Gasteiger partial charge in [0.05, 0.1) is 12.8 Å². The number of hydrogen-bond donors (Lipinski definition) is 2. The van der Waals surface area contributed by atoms with Crippen LogP contribution < -0.4 is 15.4 Å². The van der Waals surface area contributed by atoms with Gasteiger partial charge in [0.1, 0.15) is 5.75 Å². The van der Waals surface area contributed by atoms with Crippen LogP contribution >= 0.6 is 15.9 Å². The van der Waals surface area contributed by atoms with E-state index in [0.29, 0.717) is 31.1 Å². The van der Waals surface area contributed by atoms with Crippen molar-refractivity contribution in [3.05, 3.63) is 22.7 Å². The maximum Gasteiger partial charge on any atom is 0.314 e. The van der Waals surface area contributed by atoms with Crippen LogP contribution in [0.1, 0.15) is 6.42 Å². The molecule has 1 aliphatic rings. The smallest absolute Gasteiger partial charge is 0.314 e. The monoisotopic (exact) mass is 355 g/mol. The van der Waals surface area contributed by atoms with Crippen molar-refractivity contribution in [3.63, 3.8) is 0 Å². The molecule has 1 aromatic rings. The number of rotatable bonds is 2. The van der Waals surface area contributed by atoms with Crippen LogP contribution in [0, 0.1) is 0 Å². The number of nitrogens with one attached hydrogen (secondary N) is 2. The number of hydrogen-bond acceptors (Lipinski definition) is 4. The molecule has 2 amide bonds. The molecule has 0 aliphatic carbocycles. The molecular weight excluding hydrogens is 338 g/mol. The number of benzene rings is 1. The minimum absolute atomic E-state index is 0.471. The summed E-state index contributed by atoms with van der Waals surface area (Å²) in [4.78, 5) is 25.9. The summed E-state index contributed by atoms with van der Waals surface area (Å²) < 4.78 is 5.97. The van der Waals surface area contributed by atoms with Crippen LogP contribution in [0.4, 0.5) is 5.69 Å². The number of amides is 2. The zero-order valence-electron chi connectivity index (χ0n) is 11.8. The first-order valence-electron chi connectivity index (χ1n) is 6.76. The fraction of sp³-hybridized carbons (Fsp3) is 0.429. The Labute approximate surface area is 132 Å². The van der Waals surface area contributed by atoms with Crippen LogP contribution in [0.2, 0.25) is 0 Å². The Bertz CT molecular complexity index is 528. The van der Waals surface area contributed by atoms with Gasteiger partial charge in [-0.3, -0.25) is 9.59 Å². The summed E-state index contributed by atoms with van der Waals surface area (Å²) in [6.07, 6.45) is 0.846. The van der Waals surface area contributed by atoms with Gasteiger partial charge in [0.2, 0.25) is 0 Å². The van der Waals surface area contributed by atoms with Gasteiger partial charge in [0.15, 0.2) is 0 Å². The lowest BCUT2D eigenvalue weighted by Gasteiger charge is -2.19. The highest BCUT2D eigenvalue weighted by Gasteiger charge is 2.23. The summed E-state index contributed by atoms with van der Waals surface area (Å²) in [5, 5.41) is 5.81. The number of methoxy groups -OCH3 is 1. The number of carbonyl (C=O) groups is 2. The molecule has 0 unspecified atom stereocenters. The lowest BCUT2D eigenvalue weighted by molar-refractivity contribution is -0.143. The molecule has 7 heteroatoms. The Morgan fingerprint density at radius 1 is 1.33 bits per heavy atom. The van der Waals surface area contributed by atoms with Crippen LogP contribution in [-0.2, 0) is 9.59 Å². The maximum absolute atomic E-state index is 12.2. The number of anilines is 1. The molecule has 114 valence electrons. The van der Waals surface area contributed by atoms with E-state index in [1.54, 1.807) is 23.1 Å². The average Bonchev–Trinajstić information content (AvgIpc) is 2.75. The van der Waals surface area contributed by atoms with Gasteiger partial charge in [-0.25, -0.2) is 0 Å². The van der Waals surface area contributed by atoms with Crippen LogP contribution in [0.5, 0.6) is 5.75 Å². The molecule has 0 saturated carbocycles. The Morgan fingerprint density at radius 2 is 2.14 bits per heavy atom. The quantitative estimate of drug-likeness (QED) is 0.782. The Hall–Kier alpha value is -1.60. The molecule has 21 heavy (non-hydrogen) atoms. The summed E-state index contributed by atoms with van der Waals surface area (Å²) in [7, 11) is 1.52. The number of ether oxygens (including phenoxy) is 1. The predicted molar refractivity (Wildman–Crippen MR) is 83.4 cm³/mol. The number of carbonyl (C=O) groups excluding carboxylic acids is 2. The van der Waals surface area contributed by atoms with Gasteiger partial charge in [-0.1, -0.05) is 15.9 Å². The van der Waals surface area contributed by atoms with Crippen molar-refractivity contribution in [1.82, 2.24) is 10.2 Å². The standard InChI is InChI=1S/C14H18BrN3O3/c1-21-12-4-3-10(15)9-11(12)17-13(19)14(20)18-7-2-5-16-6-8-18/h3-4,9,16H,2,5-8H2,1H3,(H,17,19). The van der Waals surface area contributed by atoms with E-state index >= 15 is 0 Å². The van der Waals surface area contributed by atoms with Crippen molar-refractivity contribution in [1.29, 1.82) is 0 Å². The van der Waals surface area contributed by atoms with Crippen molar-refractivity contribution < 1.29 is 14.3 Å². The lowest BCUT2D eigenvalue weighted by atomic mass is 10.3. The fourth-order valence-corrected chi connectivity index (χ4v) is 2.51. The number of nitrogens with zero attached hydrogens (tertiary/aromatic N) is 1. The molecule has 2 rings (SSSR count). The van der Waals surface area contributed by atoms with Crippen molar-refractivity contribution in [2.45, 2.75) is 6.42 Å². The van der Waals surface area contributed by atoms with E-state index in [4.69, 9.17) is 4.74 Å². The van der Waals surface area contributed by atoms with Crippen molar-refractivity contribution in [2.75, 3.05) is 38.6 Å². The first-order valence-corrected chi connectivity index (χ1v) is 7.55. The minimum atomic E-state index is -0.645. The fourth-order valence-electron chi connectivity index (χ4n) is 2.15. The maximum atomic E-state index is 12.2. The summed E-state index contributed by atoms with van der Waals surface area (Å²) in [6, 6.07) is 5.23. The third-order valence-electron chi connectivity index (χ3n) is 3.23. The largest absolute Gasteiger partial charge is 0.495 e. The second-order valence-electron chi connectivity index (χ2n) is 4.69. The van der Waals surface area contributed by atoms with Crippen molar-refractivity contribution >= 4 is 33.4 Å². The first kappa shape index (κ1) is 15.8. The van der Waals surface area contributed by atoms with Crippen molar-refractivity contribution in [3.8, 4) is 5.75 Å². The molecule has 0 bridgehead atoms. The molecule has 0 radical (unpaired) electrons. The van der Waals surface area contributed by atoms with Gasteiger partial charge in [-0.2, -0.15) is 0 Å². The van der Waals surface area contributed by atoms with E-state index < -0.39 is 11.8 Å². The predicted octanol–water partition coefficient (Wildman–Crippen LogP) is 1.22. The molecule has 1 aliphatic heterocycles. The summed E-state index contributed by atoms with van der Waals surface area (Å²) in [5.41, 5.74) is 0.471. The molecule has 0 atom stereocenters. The van der Waals surface area contributed by atoms with E-state index in [2.05, 4.69) is 26.6 Å². The average molecular weight is 356 g/mol. The van der Waals surface area contributed by atoms with Gasteiger partial charge in [-0.15, -0.1) is 0 Å². The zero-order chi connectivity index (χ0) is 15.2. The minimum Gasteiger partial charge on any atom is -0.495 e. The van der Waals surface area contributed by atoms with Gasteiger partial charge >= 0.3 is 11.8 Å². The molecule has 6 nitrogen and oxygen atoms in total. The van der Waals surface area contributed by atoms with E-state index in [1.165, 1.54) is 7.11 Å². The SMILES string of the molecule is COc1ccc(Br)cc1NC(=O)C(=O)N1CCCNCC1. The van der Waals surface area contributed by atoms with Crippen LogP contribution in [0.15, 0.2) is 22.7 Å². The highest BCUT2D eigenvalue weighted by Crippen LogP contribution is 2.27. The normalized spacial score (nSPS) is 15.2. The zero-order valence-corrected chi connectivity index (χ0v) is 13.4. The van der Waals surface area contributed by atoms with E-state index in [0.717, 1.165) is 17.4 Å². The molecule has 1 heterocycles. The van der Waals surface area contributed by atoms with E-state index in [1.807, 2.05) is 0 Å². The molecule has 0 spiro atoms. The van der Waals surface area contributed by atoms with Crippen LogP contribution in [0.3, 0.4) is 0 Å². The third-order valence-corrected chi connectivity index (χ3v) is 3.72. The Kier molecular flexibility index (Phi) is 5.58. The lowest BCUT2D eigenvalue weighted by Crippen LogP contribution is -2.41. The third kappa shape index (κ3) is 4.18. The van der Waals surface area contributed by atoms with Gasteiger partial charge in [-0.05, 0) is 31.2 Å². The molecular formula is C14H18BrN3O3. The first-order chi connectivity index (χ1) is 10.1. The van der Waals surface area contributed by atoms with Gasteiger partial charge in [0, 0.05) is 24.1 Å². The van der Waals surface area contributed by atoms with E-state index in [-0.39, 0.29) is 0 Å². The topological polar surface area (TPSA) is 70.7 Å². The van der Waals surface area contributed by atoms with Crippen LogP contribution in [-0.4, -0.2) is 50.0 Å². The molecule has 1 saturated heterocycles. The Balaban J connectivity index is 2.06. The summed E-state index contributed by atoms with van der Waals surface area (Å²) >= 11 is 3.33. The molecule has 1 aromatic carbocycles. The Morgan fingerprint density at radius 3 is 2.90 bits per heavy atom. The van der Waals surface area contributed by atoms with Crippen LogP contribution in [0.25, 0.3) is 0 Å².